The standard InChI is InChI=1S/C25H27ClN2O2/c1-14-4-7-19(8-5-14)28-24-20-11-17(18-10-15(2)25(30)22(26)12-18)6-9-23(20)27-13-21(24)16(3)29/h6,9-14,19,30H,4-5,7-8H2,1-3H3,(H,27,28)/t14-,19-. The minimum absolute atomic E-state index is 0.00463. The molecule has 0 unspecified atom stereocenters. The molecule has 1 aromatic heterocycles. The normalized spacial score (nSPS) is 19.1. The lowest BCUT2D eigenvalue weighted by atomic mass is 9.87. The summed E-state index contributed by atoms with van der Waals surface area (Å²) in [4.78, 5) is 16.9. The van der Waals surface area contributed by atoms with Crippen LogP contribution in [0.2, 0.25) is 5.02 Å². The van der Waals surface area contributed by atoms with Crippen LogP contribution in [0.15, 0.2) is 36.5 Å². The van der Waals surface area contributed by atoms with Crippen molar-refractivity contribution in [3.8, 4) is 16.9 Å². The number of fused-ring (bicyclic) bond motifs is 1. The number of aromatic hydroxyl groups is 1. The summed E-state index contributed by atoms with van der Waals surface area (Å²) in [5.74, 6) is 0.874. The number of halogens is 1. The van der Waals surface area contributed by atoms with Crippen molar-refractivity contribution in [3.05, 3.63) is 52.7 Å². The van der Waals surface area contributed by atoms with Gasteiger partial charge in [0.1, 0.15) is 5.75 Å². The number of aryl methyl sites for hydroxylation is 1. The maximum atomic E-state index is 12.4. The Bertz CT molecular complexity index is 1090. The fraction of sp³-hybridized carbons (Fsp3) is 0.360. The third kappa shape index (κ3) is 4.01. The molecule has 30 heavy (non-hydrogen) atoms. The van der Waals surface area contributed by atoms with E-state index >= 15 is 0 Å². The number of hydrogen-bond donors (Lipinski definition) is 2. The fourth-order valence-electron chi connectivity index (χ4n) is 4.31. The van der Waals surface area contributed by atoms with Crippen LogP contribution < -0.4 is 5.32 Å². The highest BCUT2D eigenvalue weighted by Crippen LogP contribution is 2.36. The van der Waals surface area contributed by atoms with Crippen molar-refractivity contribution < 1.29 is 9.90 Å². The number of rotatable bonds is 4. The van der Waals surface area contributed by atoms with Gasteiger partial charge in [-0.3, -0.25) is 9.78 Å². The predicted molar refractivity (Wildman–Crippen MR) is 124 cm³/mol. The number of benzene rings is 2. The summed E-state index contributed by atoms with van der Waals surface area (Å²) in [5, 5.41) is 14.9. The quantitative estimate of drug-likeness (QED) is 0.456. The zero-order valence-corrected chi connectivity index (χ0v) is 18.4. The Kier molecular flexibility index (Phi) is 5.70. The van der Waals surface area contributed by atoms with E-state index < -0.39 is 0 Å². The molecule has 1 aliphatic carbocycles. The van der Waals surface area contributed by atoms with E-state index in [2.05, 4.69) is 23.3 Å². The number of pyridine rings is 1. The van der Waals surface area contributed by atoms with E-state index in [1.165, 1.54) is 12.8 Å². The number of aromatic nitrogens is 1. The number of phenols is 1. The molecule has 156 valence electrons. The van der Waals surface area contributed by atoms with Gasteiger partial charge in [0.2, 0.25) is 0 Å². The van der Waals surface area contributed by atoms with Gasteiger partial charge in [-0.1, -0.05) is 24.6 Å². The number of ketones is 1. The molecule has 5 heteroatoms. The Morgan fingerprint density at radius 3 is 2.53 bits per heavy atom. The Morgan fingerprint density at radius 1 is 1.13 bits per heavy atom. The van der Waals surface area contributed by atoms with Crippen LogP contribution in [0.1, 0.15) is 55.5 Å². The number of carbonyl (C=O) groups excluding carboxylic acids is 1. The first-order valence-electron chi connectivity index (χ1n) is 10.5. The van der Waals surface area contributed by atoms with Crippen molar-refractivity contribution in [1.29, 1.82) is 0 Å². The minimum atomic E-state index is 0.00463. The number of phenolic OH excluding ortho intramolecular Hbond substituents is 1. The van der Waals surface area contributed by atoms with Crippen LogP contribution in [-0.4, -0.2) is 21.9 Å². The molecular formula is C25H27ClN2O2. The average Bonchev–Trinajstić information content (AvgIpc) is 2.73. The Balaban J connectivity index is 1.82. The molecule has 1 heterocycles. The molecule has 1 fully saturated rings. The Labute approximate surface area is 182 Å². The van der Waals surface area contributed by atoms with Gasteiger partial charge in [-0.15, -0.1) is 0 Å². The summed E-state index contributed by atoms with van der Waals surface area (Å²) in [6.45, 7) is 5.72. The van der Waals surface area contributed by atoms with Gasteiger partial charge in [-0.2, -0.15) is 0 Å². The molecule has 4 rings (SSSR count). The van der Waals surface area contributed by atoms with E-state index in [-0.39, 0.29) is 11.5 Å². The van der Waals surface area contributed by atoms with Gasteiger partial charge in [-0.05, 0) is 86.4 Å². The van der Waals surface area contributed by atoms with Crippen molar-refractivity contribution in [3.63, 3.8) is 0 Å². The Hall–Kier alpha value is -2.59. The zero-order valence-electron chi connectivity index (χ0n) is 17.6. The smallest absolute Gasteiger partial charge is 0.163 e. The Morgan fingerprint density at radius 2 is 1.87 bits per heavy atom. The second-order valence-corrected chi connectivity index (χ2v) is 8.97. The molecule has 2 aromatic carbocycles. The van der Waals surface area contributed by atoms with E-state index in [0.29, 0.717) is 16.6 Å². The molecule has 4 nitrogen and oxygen atoms in total. The molecule has 0 atom stereocenters. The molecule has 0 bridgehead atoms. The van der Waals surface area contributed by atoms with Crippen molar-refractivity contribution in [2.75, 3.05) is 5.32 Å². The number of nitrogens with zero attached hydrogens (tertiary/aromatic N) is 1. The summed E-state index contributed by atoms with van der Waals surface area (Å²) in [7, 11) is 0. The summed E-state index contributed by atoms with van der Waals surface area (Å²) in [6.07, 6.45) is 6.29. The summed E-state index contributed by atoms with van der Waals surface area (Å²) < 4.78 is 0. The largest absolute Gasteiger partial charge is 0.506 e. The number of carbonyl (C=O) groups is 1. The lowest BCUT2D eigenvalue weighted by molar-refractivity contribution is 0.101. The van der Waals surface area contributed by atoms with Crippen molar-refractivity contribution in [1.82, 2.24) is 4.98 Å². The maximum absolute atomic E-state index is 12.4. The van der Waals surface area contributed by atoms with Gasteiger partial charge in [0.25, 0.3) is 0 Å². The number of anilines is 1. The first-order chi connectivity index (χ1) is 14.3. The van der Waals surface area contributed by atoms with Crippen LogP contribution in [-0.2, 0) is 0 Å². The van der Waals surface area contributed by atoms with Crippen molar-refractivity contribution in [2.45, 2.75) is 52.5 Å². The topological polar surface area (TPSA) is 62.2 Å². The first-order valence-corrected chi connectivity index (χ1v) is 10.9. The number of Topliss-reactive ketones (excluding diaryl/α,β-unsaturated/α-hetero) is 1. The van der Waals surface area contributed by atoms with Gasteiger partial charge in [0, 0.05) is 17.6 Å². The zero-order chi connectivity index (χ0) is 21.4. The lowest BCUT2D eigenvalue weighted by Gasteiger charge is -2.29. The van der Waals surface area contributed by atoms with Gasteiger partial charge < -0.3 is 10.4 Å². The maximum Gasteiger partial charge on any atom is 0.163 e. The van der Waals surface area contributed by atoms with Gasteiger partial charge in [-0.25, -0.2) is 0 Å². The highest BCUT2D eigenvalue weighted by molar-refractivity contribution is 6.32. The molecule has 1 saturated carbocycles. The van der Waals surface area contributed by atoms with Crippen LogP contribution >= 0.6 is 11.6 Å². The molecule has 2 N–H and O–H groups in total. The third-order valence-electron chi connectivity index (χ3n) is 6.20. The second-order valence-electron chi connectivity index (χ2n) is 8.56. The van der Waals surface area contributed by atoms with Crippen LogP contribution in [0.25, 0.3) is 22.0 Å². The van der Waals surface area contributed by atoms with E-state index in [4.69, 9.17) is 11.6 Å². The van der Waals surface area contributed by atoms with Gasteiger partial charge in [0.15, 0.2) is 5.78 Å². The summed E-state index contributed by atoms with van der Waals surface area (Å²) in [6, 6.07) is 10.1. The number of nitrogens with one attached hydrogen (secondary N) is 1. The second kappa shape index (κ2) is 8.27. The number of hydrogen-bond acceptors (Lipinski definition) is 4. The predicted octanol–water partition coefficient (Wildman–Crippen LogP) is 6.76. The molecule has 0 radical (unpaired) electrons. The van der Waals surface area contributed by atoms with E-state index in [1.807, 2.05) is 25.1 Å². The molecule has 3 aromatic rings. The highest BCUT2D eigenvalue weighted by Gasteiger charge is 2.21. The molecule has 0 saturated heterocycles. The first kappa shape index (κ1) is 20.7. The molecule has 0 spiro atoms. The molecule has 0 aliphatic heterocycles. The van der Waals surface area contributed by atoms with Crippen LogP contribution in [0.5, 0.6) is 5.75 Å². The van der Waals surface area contributed by atoms with E-state index in [0.717, 1.165) is 52.0 Å². The molecular weight excluding hydrogens is 396 g/mol. The summed E-state index contributed by atoms with van der Waals surface area (Å²) >= 11 is 6.21. The van der Waals surface area contributed by atoms with Gasteiger partial charge >= 0.3 is 0 Å². The van der Waals surface area contributed by atoms with E-state index in [1.54, 1.807) is 19.2 Å². The highest BCUT2D eigenvalue weighted by atomic mass is 35.5. The molecule has 1 aliphatic rings. The molecule has 0 amide bonds. The van der Waals surface area contributed by atoms with Crippen molar-refractivity contribution >= 4 is 34.0 Å². The SMILES string of the molecule is CC(=O)c1cnc2ccc(-c3cc(C)c(O)c(Cl)c3)cc2c1N[C@H]1CC[C@H](C)CC1. The van der Waals surface area contributed by atoms with Crippen molar-refractivity contribution in [2.24, 2.45) is 5.92 Å². The van der Waals surface area contributed by atoms with E-state index in [9.17, 15) is 9.90 Å². The van der Waals surface area contributed by atoms with Crippen LogP contribution in [0.3, 0.4) is 0 Å². The third-order valence-corrected chi connectivity index (χ3v) is 6.49. The van der Waals surface area contributed by atoms with Crippen LogP contribution in [0, 0.1) is 12.8 Å². The summed E-state index contributed by atoms with van der Waals surface area (Å²) in [5.41, 5.74) is 4.95. The monoisotopic (exact) mass is 422 g/mol. The fourth-order valence-corrected chi connectivity index (χ4v) is 4.57. The average molecular weight is 423 g/mol. The minimum Gasteiger partial charge on any atom is -0.506 e. The van der Waals surface area contributed by atoms with Crippen LogP contribution in [0.4, 0.5) is 5.69 Å². The lowest BCUT2D eigenvalue weighted by Crippen LogP contribution is -2.26. The van der Waals surface area contributed by atoms with Gasteiger partial charge in [0.05, 0.1) is 21.8 Å².